The summed E-state index contributed by atoms with van der Waals surface area (Å²) in [6, 6.07) is 10.9. The van der Waals surface area contributed by atoms with Crippen LogP contribution in [0.4, 0.5) is 22.9 Å². The second-order valence-electron chi connectivity index (χ2n) is 10.3. The Labute approximate surface area is 268 Å². The van der Waals surface area contributed by atoms with Gasteiger partial charge in [-0.1, -0.05) is 29.8 Å². The fourth-order valence-electron chi connectivity index (χ4n) is 5.19. The number of nitrogens with one attached hydrogen (secondary N) is 2. The lowest BCUT2D eigenvalue weighted by atomic mass is 10.0. The molecule has 230 valence electrons. The van der Waals surface area contributed by atoms with Gasteiger partial charge in [-0.15, -0.1) is 0 Å². The standard InChI is InChI=1S/C31H28Cl2N8O4/c1-5-26(42)38-21-11-18(40-9-8-39(2)27(43)15-40)6-7-20(21)37-25-12-22-17(14-34-25)10-19(31-35-16-36-41(22)31)28-29(32)23(44-3)13-24(45-4)30(28)33/h5-7,10-14,16H,1,8-9,15H2,2-4H3,(H,34,37)(H,38,42). The lowest BCUT2D eigenvalue weighted by Crippen LogP contribution is -2.48. The molecule has 1 fully saturated rings. The normalized spacial score (nSPS) is 13.3. The van der Waals surface area contributed by atoms with E-state index in [2.05, 4.69) is 32.3 Å². The van der Waals surface area contributed by atoms with Crippen molar-refractivity contribution in [1.29, 1.82) is 0 Å². The molecule has 0 radical (unpaired) electrons. The minimum absolute atomic E-state index is 0.0261. The van der Waals surface area contributed by atoms with Gasteiger partial charge >= 0.3 is 0 Å². The van der Waals surface area contributed by atoms with E-state index in [0.717, 1.165) is 11.1 Å². The average molecular weight is 648 g/mol. The SMILES string of the molecule is C=CC(=O)Nc1cc(N2CCN(C)C(=O)C2)ccc1Nc1cc2c(cn1)cc(-c1c(Cl)c(OC)cc(OC)c1Cl)c1ncnn12. The van der Waals surface area contributed by atoms with E-state index in [9.17, 15) is 9.59 Å². The van der Waals surface area contributed by atoms with Crippen LogP contribution in [0.25, 0.3) is 27.7 Å². The number of hydrogen-bond donors (Lipinski definition) is 2. The molecule has 2 N–H and O–H groups in total. The Balaban J connectivity index is 1.40. The molecule has 1 aliphatic rings. The molecular weight excluding hydrogens is 619 g/mol. The first-order valence-corrected chi connectivity index (χ1v) is 14.5. The zero-order valence-corrected chi connectivity index (χ0v) is 26.1. The van der Waals surface area contributed by atoms with Gasteiger partial charge in [0, 0.05) is 60.7 Å². The van der Waals surface area contributed by atoms with Crippen LogP contribution in [0.3, 0.4) is 0 Å². The maximum absolute atomic E-state index is 12.3. The molecule has 1 aliphatic heterocycles. The third-order valence-electron chi connectivity index (χ3n) is 7.60. The maximum atomic E-state index is 12.3. The van der Waals surface area contributed by atoms with E-state index in [4.69, 9.17) is 32.7 Å². The quantitative estimate of drug-likeness (QED) is 0.213. The van der Waals surface area contributed by atoms with Crippen LogP contribution in [0.15, 0.2) is 61.6 Å². The van der Waals surface area contributed by atoms with E-state index in [1.807, 2.05) is 35.2 Å². The Morgan fingerprint density at radius 2 is 1.78 bits per heavy atom. The van der Waals surface area contributed by atoms with Crippen LogP contribution in [0.5, 0.6) is 11.5 Å². The summed E-state index contributed by atoms with van der Waals surface area (Å²) in [5, 5.41) is 12.0. The molecule has 12 nitrogen and oxygen atoms in total. The number of benzene rings is 2. The number of carbonyl (C=O) groups excluding carboxylic acids is 2. The van der Waals surface area contributed by atoms with Crippen LogP contribution in [-0.4, -0.2) is 77.2 Å². The fraction of sp³-hybridized carbons (Fsp3) is 0.194. The molecule has 0 bridgehead atoms. The number of halogens is 2. The van der Waals surface area contributed by atoms with Gasteiger partial charge in [-0.2, -0.15) is 5.10 Å². The van der Waals surface area contributed by atoms with Crippen molar-refractivity contribution in [2.45, 2.75) is 0 Å². The molecule has 5 aromatic rings. The summed E-state index contributed by atoms with van der Waals surface area (Å²) in [7, 11) is 4.81. The van der Waals surface area contributed by atoms with Crippen molar-refractivity contribution < 1.29 is 19.1 Å². The van der Waals surface area contributed by atoms with Gasteiger partial charge in [-0.3, -0.25) is 9.59 Å². The zero-order valence-electron chi connectivity index (χ0n) is 24.6. The third-order valence-corrected chi connectivity index (χ3v) is 8.35. The highest BCUT2D eigenvalue weighted by molar-refractivity contribution is 6.41. The highest BCUT2D eigenvalue weighted by Crippen LogP contribution is 2.47. The molecule has 1 saturated heterocycles. The lowest BCUT2D eigenvalue weighted by Gasteiger charge is -2.33. The number of carbonyl (C=O) groups is 2. The van der Waals surface area contributed by atoms with Crippen LogP contribution >= 0.6 is 23.2 Å². The van der Waals surface area contributed by atoms with Crippen molar-refractivity contribution in [2.24, 2.45) is 0 Å². The van der Waals surface area contributed by atoms with Gasteiger partial charge in [0.15, 0.2) is 5.65 Å². The van der Waals surface area contributed by atoms with Gasteiger partial charge in [0.05, 0.1) is 47.7 Å². The van der Waals surface area contributed by atoms with E-state index >= 15 is 0 Å². The summed E-state index contributed by atoms with van der Waals surface area (Å²) in [5.41, 5.74) is 4.21. The topological polar surface area (TPSA) is 126 Å². The first-order valence-electron chi connectivity index (χ1n) is 13.8. The van der Waals surface area contributed by atoms with E-state index < -0.39 is 0 Å². The number of piperazine rings is 1. The van der Waals surface area contributed by atoms with Crippen LogP contribution in [0, 0.1) is 0 Å². The van der Waals surface area contributed by atoms with E-state index in [1.165, 1.54) is 26.6 Å². The number of hydrogen-bond acceptors (Lipinski definition) is 9. The summed E-state index contributed by atoms with van der Waals surface area (Å²) < 4.78 is 12.6. The van der Waals surface area contributed by atoms with Crippen LogP contribution in [-0.2, 0) is 9.59 Å². The van der Waals surface area contributed by atoms with Gasteiger partial charge in [-0.05, 0) is 30.3 Å². The number of amides is 2. The third kappa shape index (κ3) is 5.54. The van der Waals surface area contributed by atoms with E-state index in [1.54, 1.807) is 28.7 Å². The van der Waals surface area contributed by atoms with Gasteiger partial charge in [-0.25, -0.2) is 14.5 Å². The average Bonchev–Trinajstić information content (AvgIpc) is 3.54. The predicted octanol–water partition coefficient (Wildman–Crippen LogP) is 5.42. The number of pyridine rings is 2. The Bertz CT molecular complexity index is 1970. The van der Waals surface area contributed by atoms with Gasteiger partial charge in [0.25, 0.3) is 0 Å². The number of likely N-dealkylation sites (N-methyl/N-ethyl adjacent to an activating group) is 1. The van der Waals surface area contributed by atoms with Crippen molar-refractivity contribution in [3.05, 3.63) is 71.6 Å². The summed E-state index contributed by atoms with van der Waals surface area (Å²) in [4.78, 5) is 37.4. The number of fused-ring (bicyclic) bond motifs is 3. The van der Waals surface area contributed by atoms with Crippen molar-refractivity contribution in [2.75, 3.05) is 56.4 Å². The fourth-order valence-corrected chi connectivity index (χ4v) is 5.89. The van der Waals surface area contributed by atoms with Crippen LogP contribution in [0.1, 0.15) is 0 Å². The Kier molecular flexibility index (Phi) is 8.09. The molecule has 2 amide bonds. The molecule has 4 heterocycles. The van der Waals surface area contributed by atoms with Gasteiger partial charge in [0.2, 0.25) is 11.8 Å². The van der Waals surface area contributed by atoms with Gasteiger partial charge in [0.1, 0.15) is 23.6 Å². The molecule has 0 saturated carbocycles. The number of methoxy groups -OCH3 is 2. The molecule has 3 aromatic heterocycles. The first-order chi connectivity index (χ1) is 21.7. The summed E-state index contributed by atoms with van der Waals surface area (Å²) in [6.07, 6.45) is 4.32. The minimum atomic E-state index is -0.375. The van der Waals surface area contributed by atoms with Crippen molar-refractivity contribution >= 4 is 74.4 Å². The summed E-state index contributed by atoms with van der Waals surface area (Å²) >= 11 is 13.5. The number of aromatic nitrogens is 4. The number of nitrogens with zero attached hydrogens (tertiary/aromatic N) is 6. The Morgan fingerprint density at radius 3 is 2.47 bits per heavy atom. The highest BCUT2D eigenvalue weighted by Gasteiger charge is 2.24. The molecule has 6 rings (SSSR count). The molecule has 0 unspecified atom stereocenters. The molecule has 14 heteroatoms. The summed E-state index contributed by atoms with van der Waals surface area (Å²) in [6.45, 7) is 5.09. The minimum Gasteiger partial charge on any atom is -0.495 e. The zero-order chi connectivity index (χ0) is 31.8. The molecule has 2 aromatic carbocycles. The van der Waals surface area contributed by atoms with E-state index in [-0.39, 0.29) is 18.4 Å². The van der Waals surface area contributed by atoms with Crippen LogP contribution < -0.4 is 25.0 Å². The van der Waals surface area contributed by atoms with Gasteiger partial charge < -0.3 is 29.9 Å². The summed E-state index contributed by atoms with van der Waals surface area (Å²) in [5.74, 6) is 0.932. The molecule has 45 heavy (non-hydrogen) atoms. The largest absolute Gasteiger partial charge is 0.495 e. The highest BCUT2D eigenvalue weighted by atomic mass is 35.5. The Hall–Kier alpha value is -5.07. The predicted molar refractivity (Wildman–Crippen MR) is 175 cm³/mol. The monoisotopic (exact) mass is 646 g/mol. The molecular formula is C31H28Cl2N8O4. The smallest absolute Gasteiger partial charge is 0.247 e. The maximum Gasteiger partial charge on any atom is 0.247 e. The van der Waals surface area contributed by atoms with Crippen LogP contribution in [0.2, 0.25) is 10.0 Å². The molecule has 0 atom stereocenters. The Morgan fingerprint density at radius 1 is 1.02 bits per heavy atom. The van der Waals surface area contributed by atoms with Crippen molar-refractivity contribution in [3.8, 4) is 22.6 Å². The van der Waals surface area contributed by atoms with Crippen molar-refractivity contribution in [3.63, 3.8) is 0 Å². The number of ether oxygens (including phenoxy) is 2. The second kappa shape index (κ2) is 12.1. The molecule has 0 spiro atoms. The number of rotatable bonds is 8. The lowest BCUT2D eigenvalue weighted by molar-refractivity contribution is -0.129. The first kappa shape index (κ1) is 30.0. The van der Waals surface area contributed by atoms with E-state index in [0.29, 0.717) is 74.1 Å². The molecule has 0 aliphatic carbocycles. The number of anilines is 4. The van der Waals surface area contributed by atoms with Crippen molar-refractivity contribution in [1.82, 2.24) is 24.5 Å². The second-order valence-corrected chi connectivity index (χ2v) is 11.0.